The lowest BCUT2D eigenvalue weighted by atomic mass is 10.4. The molecule has 0 atom stereocenters. The van der Waals surface area contributed by atoms with Crippen LogP contribution in [0.2, 0.25) is 0 Å². The highest BCUT2D eigenvalue weighted by atomic mass is 32.2. The van der Waals surface area contributed by atoms with Gasteiger partial charge in [-0.25, -0.2) is 8.42 Å². The highest BCUT2D eigenvalue weighted by Gasteiger charge is 2.28. The van der Waals surface area contributed by atoms with Gasteiger partial charge in [-0.3, -0.25) is 4.90 Å². The predicted octanol–water partition coefficient (Wildman–Crippen LogP) is -0.134. The van der Waals surface area contributed by atoms with Crippen LogP contribution in [0.5, 0.6) is 0 Å². The molecule has 0 N–H and O–H groups in total. The van der Waals surface area contributed by atoms with E-state index in [-0.39, 0.29) is 5.25 Å². The van der Waals surface area contributed by atoms with Crippen molar-refractivity contribution >= 4 is 10.0 Å². The molecule has 5 nitrogen and oxygen atoms in total. The van der Waals surface area contributed by atoms with E-state index < -0.39 is 10.0 Å². The van der Waals surface area contributed by atoms with E-state index >= 15 is 0 Å². The Morgan fingerprint density at radius 1 is 1.27 bits per heavy atom. The highest BCUT2D eigenvalue weighted by molar-refractivity contribution is 7.89. The second kappa shape index (κ2) is 4.92. The van der Waals surface area contributed by atoms with Gasteiger partial charge in [0.1, 0.15) is 0 Å². The van der Waals surface area contributed by atoms with Gasteiger partial charge in [-0.1, -0.05) is 0 Å². The van der Waals surface area contributed by atoms with Crippen LogP contribution >= 0.6 is 0 Å². The molecular weight excluding hydrogens is 214 g/mol. The first-order valence-electron chi connectivity index (χ1n) is 5.06. The van der Waals surface area contributed by atoms with Crippen LogP contribution in [-0.4, -0.2) is 55.6 Å². The number of hydrogen-bond acceptors (Lipinski definition) is 4. The standard InChI is InChI=1S/C9H17N3O2S/c1-9(2)15(13,14)12-7-5-11(4-3-10)6-8-12/h9H,4-8H2,1-2H3. The maximum Gasteiger partial charge on any atom is 0.216 e. The Morgan fingerprint density at radius 2 is 1.80 bits per heavy atom. The van der Waals surface area contributed by atoms with Crippen molar-refractivity contribution in [2.75, 3.05) is 32.7 Å². The summed E-state index contributed by atoms with van der Waals surface area (Å²) in [5.74, 6) is 0. The van der Waals surface area contributed by atoms with Gasteiger partial charge in [0, 0.05) is 26.2 Å². The Labute approximate surface area is 91.3 Å². The van der Waals surface area contributed by atoms with E-state index in [2.05, 4.69) is 6.07 Å². The number of nitriles is 1. The molecule has 0 aromatic heterocycles. The number of sulfonamides is 1. The molecule has 0 radical (unpaired) electrons. The quantitative estimate of drug-likeness (QED) is 0.634. The van der Waals surface area contributed by atoms with Crippen molar-refractivity contribution in [3.05, 3.63) is 0 Å². The van der Waals surface area contributed by atoms with Crippen molar-refractivity contribution in [1.29, 1.82) is 5.26 Å². The van der Waals surface area contributed by atoms with Gasteiger partial charge in [0.15, 0.2) is 0 Å². The van der Waals surface area contributed by atoms with E-state index in [0.29, 0.717) is 32.7 Å². The van der Waals surface area contributed by atoms with E-state index in [1.54, 1.807) is 13.8 Å². The lowest BCUT2D eigenvalue weighted by Crippen LogP contribution is -2.50. The minimum absolute atomic E-state index is 0.361. The fourth-order valence-electron chi connectivity index (χ4n) is 1.54. The fourth-order valence-corrected chi connectivity index (χ4v) is 2.81. The van der Waals surface area contributed by atoms with Crippen LogP contribution < -0.4 is 0 Å². The van der Waals surface area contributed by atoms with Crippen LogP contribution in [0.25, 0.3) is 0 Å². The molecule has 1 heterocycles. The largest absolute Gasteiger partial charge is 0.288 e. The number of nitrogens with zero attached hydrogens (tertiary/aromatic N) is 3. The van der Waals surface area contributed by atoms with Crippen LogP contribution in [0.4, 0.5) is 0 Å². The average molecular weight is 231 g/mol. The van der Waals surface area contributed by atoms with Gasteiger partial charge in [-0.05, 0) is 13.8 Å². The summed E-state index contributed by atoms with van der Waals surface area (Å²) in [5.41, 5.74) is 0. The lowest BCUT2D eigenvalue weighted by molar-refractivity contribution is 0.205. The number of piperazine rings is 1. The van der Waals surface area contributed by atoms with Gasteiger partial charge in [-0.15, -0.1) is 0 Å². The van der Waals surface area contributed by atoms with E-state index in [0.717, 1.165) is 0 Å². The zero-order chi connectivity index (χ0) is 11.5. The van der Waals surface area contributed by atoms with Gasteiger partial charge in [0.2, 0.25) is 10.0 Å². The topological polar surface area (TPSA) is 64.4 Å². The van der Waals surface area contributed by atoms with Gasteiger partial charge < -0.3 is 0 Å². The van der Waals surface area contributed by atoms with Gasteiger partial charge in [0.05, 0.1) is 17.9 Å². The highest BCUT2D eigenvalue weighted by Crippen LogP contribution is 2.11. The molecule has 1 rings (SSSR count). The Hall–Kier alpha value is -0.640. The van der Waals surface area contributed by atoms with E-state index in [9.17, 15) is 8.42 Å². The van der Waals surface area contributed by atoms with Crippen molar-refractivity contribution in [2.24, 2.45) is 0 Å². The molecule has 0 spiro atoms. The van der Waals surface area contributed by atoms with Crippen molar-refractivity contribution in [3.8, 4) is 6.07 Å². The van der Waals surface area contributed by atoms with Crippen LogP contribution in [0.15, 0.2) is 0 Å². The van der Waals surface area contributed by atoms with Crippen LogP contribution in [0.3, 0.4) is 0 Å². The Bertz CT molecular complexity index is 337. The predicted molar refractivity (Wildman–Crippen MR) is 57.7 cm³/mol. The molecule has 1 aliphatic rings. The Morgan fingerprint density at radius 3 is 2.20 bits per heavy atom. The summed E-state index contributed by atoms with van der Waals surface area (Å²) in [4.78, 5) is 1.96. The SMILES string of the molecule is CC(C)S(=O)(=O)N1CCN(CC#N)CC1. The minimum Gasteiger partial charge on any atom is -0.288 e. The lowest BCUT2D eigenvalue weighted by Gasteiger charge is -2.33. The fraction of sp³-hybridized carbons (Fsp3) is 0.889. The first-order valence-corrected chi connectivity index (χ1v) is 6.57. The monoisotopic (exact) mass is 231 g/mol. The maximum atomic E-state index is 11.8. The number of hydrogen-bond donors (Lipinski definition) is 0. The van der Waals surface area contributed by atoms with E-state index in [1.807, 2.05) is 4.90 Å². The van der Waals surface area contributed by atoms with Crippen molar-refractivity contribution in [1.82, 2.24) is 9.21 Å². The second-order valence-corrected chi connectivity index (χ2v) is 6.42. The molecule has 1 fully saturated rings. The van der Waals surface area contributed by atoms with Crippen LogP contribution in [0, 0.1) is 11.3 Å². The van der Waals surface area contributed by atoms with Crippen molar-refractivity contribution < 1.29 is 8.42 Å². The zero-order valence-corrected chi connectivity index (χ0v) is 10.00. The molecule has 6 heteroatoms. The Balaban J connectivity index is 2.55. The molecule has 1 saturated heterocycles. The van der Waals surface area contributed by atoms with Crippen LogP contribution in [0.1, 0.15) is 13.8 Å². The van der Waals surface area contributed by atoms with E-state index in [4.69, 9.17) is 5.26 Å². The molecule has 15 heavy (non-hydrogen) atoms. The van der Waals surface area contributed by atoms with Gasteiger partial charge in [0.25, 0.3) is 0 Å². The molecule has 0 unspecified atom stereocenters. The summed E-state index contributed by atoms with van der Waals surface area (Å²) in [6, 6.07) is 2.07. The van der Waals surface area contributed by atoms with E-state index in [1.165, 1.54) is 4.31 Å². The molecule has 0 bridgehead atoms. The molecule has 86 valence electrons. The normalized spacial score (nSPS) is 20.4. The smallest absolute Gasteiger partial charge is 0.216 e. The Kier molecular flexibility index (Phi) is 4.08. The molecule has 1 aliphatic heterocycles. The third-order valence-electron chi connectivity index (χ3n) is 2.58. The van der Waals surface area contributed by atoms with Crippen molar-refractivity contribution in [3.63, 3.8) is 0 Å². The van der Waals surface area contributed by atoms with Crippen LogP contribution in [-0.2, 0) is 10.0 Å². The molecule has 0 aromatic rings. The summed E-state index contributed by atoms with van der Waals surface area (Å²) in [6.07, 6.45) is 0. The first-order chi connectivity index (χ1) is 6.98. The minimum atomic E-state index is -3.11. The van der Waals surface area contributed by atoms with Crippen molar-refractivity contribution in [2.45, 2.75) is 19.1 Å². The third-order valence-corrected chi connectivity index (χ3v) is 4.86. The molecule has 0 saturated carbocycles. The maximum absolute atomic E-state index is 11.8. The second-order valence-electron chi connectivity index (χ2n) is 3.93. The van der Waals surface area contributed by atoms with Gasteiger partial charge in [-0.2, -0.15) is 9.57 Å². The summed E-state index contributed by atoms with van der Waals surface area (Å²) in [7, 11) is -3.11. The molecule has 0 aromatic carbocycles. The molecular formula is C9H17N3O2S. The summed E-state index contributed by atoms with van der Waals surface area (Å²) in [5, 5.41) is 8.15. The zero-order valence-electron chi connectivity index (χ0n) is 9.18. The average Bonchev–Trinajstić information content (AvgIpc) is 2.19. The summed E-state index contributed by atoms with van der Waals surface area (Å²) in [6.45, 7) is 6.08. The summed E-state index contributed by atoms with van der Waals surface area (Å²) < 4.78 is 25.1. The third kappa shape index (κ3) is 2.91. The summed E-state index contributed by atoms with van der Waals surface area (Å²) >= 11 is 0. The molecule has 0 amide bonds. The molecule has 0 aliphatic carbocycles. The first kappa shape index (κ1) is 12.4. The number of rotatable bonds is 3. The van der Waals surface area contributed by atoms with Gasteiger partial charge >= 0.3 is 0 Å².